The Balaban J connectivity index is 4.05. The van der Waals surface area contributed by atoms with E-state index in [1.807, 2.05) is 0 Å². The minimum Gasteiger partial charge on any atom is -0.431 e. The zero-order valence-electron chi connectivity index (χ0n) is 6.79. The molecule has 0 aromatic rings. The molecule has 0 aromatic carbocycles. The Hall–Kier alpha value is -0.485. The first-order valence-corrected chi connectivity index (χ1v) is 4.36. The molecule has 62 valence electrons. The van der Waals surface area contributed by atoms with Gasteiger partial charge in [0.15, 0.2) is 5.17 Å². The number of hydrogen-bond acceptors (Lipinski definition) is 4. The first-order chi connectivity index (χ1) is 5.06. The highest BCUT2D eigenvalue weighted by Gasteiger charge is 2.03. The minimum atomic E-state index is -0.774. The summed E-state index contributed by atoms with van der Waals surface area (Å²) < 4.78 is 0. The minimum absolute atomic E-state index is 0.182. The Morgan fingerprint density at radius 1 is 1.73 bits per heavy atom. The van der Waals surface area contributed by atoms with Gasteiger partial charge < -0.3 is 10.3 Å². The molecule has 4 nitrogen and oxygen atoms in total. The van der Waals surface area contributed by atoms with Gasteiger partial charge in [0.05, 0.1) is 0 Å². The van der Waals surface area contributed by atoms with Gasteiger partial charge >= 0.3 is 7.05 Å². The zero-order chi connectivity index (χ0) is 8.85. The number of hydrogen-bond donors (Lipinski definition) is 2. The normalized spacial score (nSPS) is 11.1. The maximum atomic E-state index is 10.5. The number of carbonyl (C=O) groups is 1. The third-order valence-electron chi connectivity index (χ3n) is 0.780. The third-order valence-corrected chi connectivity index (χ3v) is 1.37. The second-order valence-electron chi connectivity index (χ2n) is 1.95. The lowest BCUT2D eigenvalue weighted by molar-refractivity contribution is -0.117. The Bertz CT molecular complexity index is 172. The van der Waals surface area contributed by atoms with Crippen molar-refractivity contribution in [2.75, 3.05) is 6.26 Å². The number of amides is 1. The molecular formula is C5H11BN2O2S. The number of thioether (sulfide) groups is 1. The van der Waals surface area contributed by atoms with Crippen molar-refractivity contribution in [1.82, 2.24) is 5.32 Å². The first-order valence-electron chi connectivity index (χ1n) is 3.13. The highest BCUT2D eigenvalue weighted by atomic mass is 32.2. The van der Waals surface area contributed by atoms with Gasteiger partial charge in [-0.1, -0.05) is 11.8 Å². The lowest BCUT2D eigenvalue weighted by atomic mass is 9.91. The average molecular weight is 174 g/mol. The summed E-state index contributed by atoms with van der Waals surface area (Å²) in [5.74, 6) is -0.182. The lowest BCUT2D eigenvalue weighted by Crippen LogP contribution is -2.27. The molecule has 0 aliphatic rings. The van der Waals surface area contributed by atoms with Crippen LogP contribution in [0.5, 0.6) is 0 Å². The molecular weight excluding hydrogens is 163 g/mol. The summed E-state index contributed by atoms with van der Waals surface area (Å²) in [6.07, 6.45) is 1.77. The zero-order valence-corrected chi connectivity index (χ0v) is 7.60. The molecule has 0 saturated heterocycles. The molecule has 0 fully saturated rings. The molecule has 0 atom stereocenters. The summed E-state index contributed by atoms with van der Waals surface area (Å²) in [6, 6.07) is 0. The second kappa shape index (κ2) is 5.20. The quantitative estimate of drug-likeness (QED) is 0.333. The standard InChI is InChI=1S/C5H11BN2O2S/c1-4(9)7-5(11-3)8-6(2)10/h10H,1-3H3,(H,7,8,9). The van der Waals surface area contributed by atoms with Crippen LogP contribution >= 0.6 is 11.8 Å². The molecule has 0 aromatic heterocycles. The maximum absolute atomic E-state index is 10.5. The van der Waals surface area contributed by atoms with Crippen molar-refractivity contribution >= 4 is 29.9 Å². The molecule has 0 radical (unpaired) electrons. The molecule has 0 aliphatic heterocycles. The van der Waals surface area contributed by atoms with Crippen LogP contribution in [-0.4, -0.2) is 29.4 Å². The van der Waals surface area contributed by atoms with Crippen LogP contribution in [0.15, 0.2) is 4.90 Å². The predicted molar refractivity (Wildman–Crippen MR) is 48.6 cm³/mol. The van der Waals surface area contributed by atoms with E-state index in [2.05, 4.69) is 10.2 Å². The summed E-state index contributed by atoms with van der Waals surface area (Å²) >= 11 is 1.28. The van der Waals surface area contributed by atoms with Crippen LogP contribution in [0.25, 0.3) is 0 Å². The van der Waals surface area contributed by atoms with Gasteiger partial charge in [-0.2, -0.15) is 0 Å². The Kier molecular flexibility index (Phi) is 4.97. The van der Waals surface area contributed by atoms with E-state index in [4.69, 9.17) is 5.02 Å². The first kappa shape index (κ1) is 10.5. The smallest absolute Gasteiger partial charge is 0.430 e. The number of nitrogens with zero attached hydrogens (tertiary/aromatic N) is 1. The van der Waals surface area contributed by atoms with Crippen LogP contribution in [0.2, 0.25) is 6.82 Å². The van der Waals surface area contributed by atoms with Gasteiger partial charge in [0.25, 0.3) is 0 Å². The summed E-state index contributed by atoms with van der Waals surface area (Å²) in [5.41, 5.74) is 0. The topological polar surface area (TPSA) is 61.7 Å². The monoisotopic (exact) mass is 174 g/mol. The van der Waals surface area contributed by atoms with E-state index in [1.165, 1.54) is 25.5 Å². The summed E-state index contributed by atoms with van der Waals surface area (Å²) in [7, 11) is -0.774. The Morgan fingerprint density at radius 2 is 2.27 bits per heavy atom. The van der Waals surface area contributed by atoms with Gasteiger partial charge in [-0.05, 0) is 13.1 Å². The molecule has 2 N–H and O–H groups in total. The molecule has 1 amide bonds. The third kappa shape index (κ3) is 5.94. The molecule has 6 heteroatoms. The molecule has 0 spiro atoms. The van der Waals surface area contributed by atoms with Gasteiger partial charge in [-0.25, -0.2) is 0 Å². The van der Waals surface area contributed by atoms with E-state index in [0.29, 0.717) is 5.17 Å². The van der Waals surface area contributed by atoms with Crippen molar-refractivity contribution in [1.29, 1.82) is 0 Å². The fourth-order valence-electron chi connectivity index (χ4n) is 0.456. The van der Waals surface area contributed by atoms with E-state index in [0.717, 1.165) is 0 Å². The van der Waals surface area contributed by atoms with Crippen LogP contribution in [0.4, 0.5) is 0 Å². The number of rotatable bonds is 1. The number of nitrogens with one attached hydrogen (secondary N) is 1. The fourth-order valence-corrected chi connectivity index (χ4v) is 0.960. The summed E-state index contributed by atoms with van der Waals surface area (Å²) in [5, 5.41) is 11.7. The van der Waals surface area contributed by atoms with E-state index >= 15 is 0 Å². The molecule has 0 bridgehead atoms. The van der Waals surface area contributed by atoms with Crippen molar-refractivity contribution in [3.63, 3.8) is 0 Å². The van der Waals surface area contributed by atoms with Crippen LogP contribution in [0.1, 0.15) is 6.92 Å². The van der Waals surface area contributed by atoms with Gasteiger partial charge in [-0.15, -0.1) is 0 Å². The fraction of sp³-hybridized carbons (Fsp3) is 0.600. The van der Waals surface area contributed by atoms with Gasteiger partial charge in [-0.3, -0.25) is 9.70 Å². The molecule has 0 unspecified atom stereocenters. The maximum Gasteiger partial charge on any atom is 0.430 e. The van der Waals surface area contributed by atoms with Crippen LogP contribution < -0.4 is 5.32 Å². The van der Waals surface area contributed by atoms with Crippen molar-refractivity contribution in [2.24, 2.45) is 4.90 Å². The Labute approximate surface area is 70.6 Å². The highest BCUT2D eigenvalue weighted by Crippen LogP contribution is 1.95. The van der Waals surface area contributed by atoms with Gasteiger partial charge in [0.2, 0.25) is 5.91 Å². The number of amidine groups is 1. The van der Waals surface area contributed by atoms with Crippen molar-refractivity contribution in [3.8, 4) is 0 Å². The average Bonchev–Trinajstić information content (AvgIpc) is 1.84. The van der Waals surface area contributed by atoms with Crippen molar-refractivity contribution in [2.45, 2.75) is 13.7 Å². The van der Waals surface area contributed by atoms with Gasteiger partial charge in [0, 0.05) is 6.92 Å². The van der Waals surface area contributed by atoms with E-state index in [-0.39, 0.29) is 5.91 Å². The highest BCUT2D eigenvalue weighted by molar-refractivity contribution is 8.13. The lowest BCUT2D eigenvalue weighted by Gasteiger charge is -2.02. The predicted octanol–water partition coefficient (Wildman–Crippen LogP) is -0.0482. The molecule has 0 heterocycles. The molecule has 11 heavy (non-hydrogen) atoms. The van der Waals surface area contributed by atoms with E-state index in [1.54, 1.807) is 6.26 Å². The molecule has 0 aliphatic carbocycles. The van der Waals surface area contributed by atoms with Crippen LogP contribution in [0, 0.1) is 0 Å². The SMILES string of the molecule is CSC(=NB(C)O)NC(C)=O. The Morgan fingerprint density at radius 3 is 2.55 bits per heavy atom. The van der Waals surface area contributed by atoms with E-state index in [9.17, 15) is 4.79 Å². The summed E-state index contributed by atoms with van der Waals surface area (Å²) in [4.78, 5) is 14.2. The van der Waals surface area contributed by atoms with Gasteiger partial charge in [0.1, 0.15) is 0 Å². The summed E-state index contributed by atoms with van der Waals surface area (Å²) in [6.45, 7) is 2.92. The van der Waals surface area contributed by atoms with Crippen LogP contribution in [0.3, 0.4) is 0 Å². The largest absolute Gasteiger partial charge is 0.431 e. The number of carbonyl (C=O) groups excluding carboxylic acids is 1. The van der Waals surface area contributed by atoms with Crippen molar-refractivity contribution < 1.29 is 9.82 Å². The van der Waals surface area contributed by atoms with Crippen molar-refractivity contribution in [3.05, 3.63) is 0 Å². The molecule has 0 rings (SSSR count). The van der Waals surface area contributed by atoms with Crippen LogP contribution in [-0.2, 0) is 4.79 Å². The second-order valence-corrected chi connectivity index (χ2v) is 2.75. The van der Waals surface area contributed by atoms with E-state index < -0.39 is 7.05 Å². The molecule has 0 saturated carbocycles.